The second-order valence-corrected chi connectivity index (χ2v) is 4.98. The third-order valence-corrected chi connectivity index (χ3v) is 3.59. The maximum absolute atomic E-state index is 13.6. The molecule has 2 rings (SSSR count). The molecule has 1 unspecified atom stereocenters. The lowest BCUT2D eigenvalue weighted by molar-refractivity contribution is 0.0722. The van der Waals surface area contributed by atoms with Crippen molar-refractivity contribution in [1.29, 1.82) is 0 Å². The quantitative estimate of drug-likeness (QED) is 0.788. The highest BCUT2D eigenvalue weighted by molar-refractivity contribution is 5.94. The average molecular weight is 235 g/mol. The molecule has 1 atom stereocenters. The second-order valence-electron chi connectivity index (χ2n) is 4.98. The van der Waals surface area contributed by atoms with Crippen LogP contribution in [0.4, 0.5) is 4.39 Å². The van der Waals surface area contributed by atoms with Crippen LogP contribution in [-0.2, 0) is 0 Å². The summed E-state index contributed by atoms with van der Waals surface area (Å²) >= 11 is 0. The fourth-order valence-corrected chi connectivity index (χ4v) is 2.07. The molecular weight excluding hydrogens is 217 g/mol. The Balaban J connectivity index is 2.20. The van der Waals surface area contributed by atoms with Crippen LogP contribution in [0, 0.1) is 18.7 Å². The molecule has 0 aliphatic heterocycles. The molecular formula is C14H18FNO. The molecule has 0 spiro atoms. The Kier molecular flexibility index (Phi) is 3.18. The van der Waals surface area contributed by atoms with Gasteiger partial charge >= 0.3 is 0 Å². The predicted octanol–water partition coefficient (Wildman–Crippen LogP) is 3.00. The Hall–Kier alpha value is -1.38. The van der Waals surface area contributed by atoms with Crippen molar-refractivity contribution in [2.24, 2.45) is 5.92 Å². The smallest absolute Gasteiger partial charge is 0.256 e. The van der Waals surface area contributed by atoms with Gasteiger partial charge in [-0.2, -0.15) is 0 Å². The van der Waals surface area contributed by atoms with E-state index >= 15 is 0 Å². The van der Waals surface area contributed by atoms with Crippen LogP contribution in [0.25, 0.3) is 0 Å². The standard InChI is InChI=1S/C14H18FNO/c1-9-4-7-13(15)12(8-9)14(17)16(3)10(2)11-5-6-11/h4,7-8,10-11H,5-6H2,1-3H3. The molecule has 1 aliphatic carbocycles. The molecule has 1 saturated carbocycles. The van der Waals surface area contributed by atoms with Crippen molar-refractivity contribution in [3.05, 3.63) is 35.1 Å². The monoisotopic (exact) mass is 235 g/mol. The minimum atomic E-state index is -0.435. The van der Waals surface area contributed by atoms with Crippen LogP contribution >= 0.6 is 0 Å². The highest BCUT2D eigenvalue weighted by atomic mass is 19.1. The van der Waals surface area contributed by atoms with Gasteiger partial charge in [0.1, 0.15) is 5.82 Å². The largest absolute Gasteiger partial charge is 0.339 e. The van der Waals surface area contributed by atoms with Crippen molar-refractivity contribution in [3.8, 4) is 0 Å². The van der Waals surface area contributed by atoms with Gasteiger partial charge in [-0.15, -0.1) is 0 Å². The van der Waals surface area contributed by atoms with Gasteiger partial charge in [0.25, 0.3) is 5.91 Å². The molecule has 17 heavy (non-hydrogen) atoms. The maximum atomic E-state index is 13.6. The molecule has 1 amide bonds. The first kappa shape index (κ1) is 12.1. The normalized spacial score (nSPS) is 16.7. The van der Waals surface area contributed by atoms with E-state index in [1.54, 1.807) is 24.1 Å². The van der Waals surface area contributed by atoms with Crippen LogP contribution in [-0.4, -0.2) is 23.9 Å². The van der Waals surface area contributed by atoms with E-state index in [2.05, 4.69) is 0 Å². The van der Waals surface area contributed by atoms with Gasteiger partial charge in [-0.05, 0) is 44.7 Å². The predicted molar refractivity (Wildman–Crippen MR) is 65.4 cm³/mol. The first-order valence-electron chi connectivity index (χ1n) is 6.04. The lowest BCUT2D eigenvalue weighted by Gasteiger charge is -2.25. The van der Waals surface area contributed by atoms with Gasteiger partial charge in [0.15, 0.2) is 0 Å². The van der Waals surface area contributed by atoms with Crippen LogP contribution in [0.1, 0.15) is 35.7 Å². The van der Waals surface area contributed by atoms with E-state index in [0.29, 0.717) is 5.92 Å². The third kappa shape index (κ3) is 2.48. The molecule has 1 fully saturated rings. The summed E-state index contributed by atoms with van der Waals surface area (Å²) in [4.78, 5) is 13.8. The van der Waals surface area contributed by atoms with Crippen LogP contribution in [0.5, 0.6) is 0 Å². The van der Waals surface area contributed by atoms with E-state index in [-0.39, 0.29) is 17.5 Å². The number of hydrogen-bond donors (Lipinski definition) is 0. The Morgan fingerprint density at radius 2 is 2.12 bits per heavy atom. The summed E-state index contributed by atoms with van der Waals surface area (Å²) in [6.45, 7) is 3.89. The van der Waals surface area contributed by atoms with E-state index in [9.17, 15) is 9.18 Å². The van der Waals surface area contributed by atoms with Crippen LogP contribution in [0.2, 0.25) is 0 Å². The van der Waals surface area contributed by atoms with Gasteiger partial charge < -0.3 is 4.90 Å². The van der Waals surface area contributed by atoms with Gasteiger partial charge in [-0.3, -0.25) is 4.79 Å². The topological polar surface area (TPSA) is 20.3 Å². The summed E-state index contributed by atoms with van der Waals surface area (Å²) in [6.07, 6.45) is 2.35. The Labute approximate surface area is 101 Å². The number of amides is 1. The molecule has 2 nitrogen and oxygen atoms in total. The van der Waals surface area contributed by atoms with Crippen LogP contribution in [0.3, 0.4) is 0 Å². The Bertz CT molecular complexity index is 440. The zero-order valence-electron chi connectivity index (χ0n) is 10.5. The molecule has 0 heterocycles. The Morgan fingerprint density at radius 3 is 2.71 bits per heavy atom. The lowest BCUT2D eigenvalue weighted by atomic mass is 10.1. The van der Waals surface area contributed by atoms with Gasteiger partial charge in [-0.1, -0.05) is 11.6 Å². The second kappa shape index (κ2) is 4.47. The summed E-state index contributed by atoms with van der Waals surface area (Å²) in [5.74, 6) is -0.0575. The minimum absolute atomic E-state index is 0.181. The molecule has 0 aromatic heterocycles. The Morgan fingerprint density at radius 1 is 1.47 bits per heavy atom. The zero-order chi connectivity index (χ0) is 12.6. The number of carbonyl (C=O) groups is 1. The highest BCUT2D eigenvalue weighted by Gasteiger charge is 2.33. The van der Waals surface area contributed by atoms with Crippen molar-refractivity contribution < 1.29 is 9.18 Å². The van der Waals surface area contributed by atoms with E-state index in [1.807, 2.05) is 13.8 Å². The molecule has 0 saturated heterocycles. The summed E-state index contributed by atoms with van der Waals surface area (Å²) < 4.78 is 13.6. The summed E-state index contributed by atoms with van der Waals surface area (Å²) in [7, 11) is 1.76. The number of rotatable bonds is 3. The van der Waals surface area contributed by atoms with Gasteiger partial charge in [0.2, 0.25) is 0 Å². The number of halogens is 1. The number of benzene rings is 1. The molecule has 1 aromatic rings. The van der Waals surface area contributed by atoms with E-state index in [4.69, 9.17) is 0 Å². The molecule has 0 N–H and O–H groups in total. The van der Waals surface area contributed by atoms with E-state index in [0.717, 1.165) is 5.56 Å². The first-order chi connectivity index (χ1) is 8.00. The van der Waals surface area contributed by atoms with Crippen molar-refractivity contribution in [1.82, 2.24) is 4.90 Å². The molecule has 1 aliphatic rings. The number of aryl methyl sites for hydroxylation is 1. The first-order valence-corrected chi connectivity index (χ1v) is 6.04. The van der Waals surface area contributed by atoms with Gasteiger partial charge in [0.05, 0.1) is 5.56 Å². The zero-order valence-corrected chi connectivity index (χ0v) is 10.5. The van der Waals surface area contributed by atoms with Crippen molar-refractivity contribution in [2.45, 2.75) is 32.7 Å². The maximum Gasteiger partial charge on any atom is 0.256 e. The van der Waals surface area contributed by atoms with Crippen molar-refractivity contribution in [3.63, 3.8) is 0 Å². The van der Waals surface area contributed by atoms with Crippen molar-refractivity contribution in [2.75, 3.05) is 7.05 Å². The lowest BCUT2D eigenvalue weighted by Crippen LogP contribution is -2.36. The molecule has 3 heteroatoms. The van der Waals surface area contributed by atoms with Gasteiger partial charge in [0, 0.05) is 13.1 Å². The molecule has 0 radical (unpaired) electrons. The summed E-state index contributed by atoms with van der Waals surface area (Å²) in [6, 6.07) is 4.85. The van der Waals surface area contributed by atoms with Crippen molar-refractivity contribution >= 4 is 5.91 Å². The minimum Gasteiger partial charge on any atom is -0.339 e. The SMILES string of the molecule is Cc1ccc(F)c(C(=O)N(C)C(C)C2CC2)c1. The fourth-order valence-electron chi connectivity index (χ4n) is 2.07. The summed E-state index contributed by atoms with van der Waals surface area (Å²) in [5.41, 5.74) is 1.09. The molecule has 1 aromatic carbocycles. The highest BCUT2D eigenvalue weighted by Crippen LogP contribution is 2.35. The van der Waals surface area contributed by atoms with Gasteiger partial charge in [-0.25, -0.2) is 4.39 Å². The fraction of sp³-hybridized carbons (Fsp3) is 0.500. The van der Waals surface area contributed by atoms with Crippen LogP contribution in [0.15, 0.2) is 18.2 Å². The summed E-state index contributed by atoms with van der Waals surface area (Å²) in [5, 5.41) is 0. The molecule has 0 bridgehead atoms. The van der Waals surface area contributed by atoms with E-state index in [1.165, 1.54) is 18.9 Å². The average Bonchev–Trinajstić information content (AvgIpc) is 3.13. The number of hydrogen-bond acceptors (Lipinski definition) is 1. The van der Waals surface area contributed by atoms with E-state index < -0.39 is 5.82 Å². The number of nitrogens with zero attached hydrogens (tertiary/aromatic N) is 1. The van der Waals surface area contributed by atoms with Crippen LogP contribution < -0.4 is 0 Å². The third-order valence-electron chi connectivity index (χ3n) is 3.59. The number of carbonyl (C=O) groups excluding carboxylic acids is 1. The molecule has 92 valence electrons.